The molecule has 0 aliphatic heterocycles. The van der Waals surface area contributed by atoms with E-state index in [2.05, 4.69) is 28.2 Å². The fourth-order valence-corrected chi connectivity index (χ4v) is 3.10. The number of nitrogens with zero attached hydrogens (tertiary/aromatic N) is 2. The number of benzene rings is 2. The molecule has 0 bridgehead atoms. The minimum Gasteiger partial charge on any atom is -0.383 e. The fourth-order valence-electron chi connectivity index (χ4n) is 2.13. The van der Waals surface area contributed by atoms with Gasteiger partial charge in [0.05, 0.1) is 10.2 Å². The van der Waals surface area contributed by atoms with Gasteiger partial charge in [0, 0.05) is 17.2 Å². The van der Waals surface area contributed by atoms with Crippen LogP contribution in [-0.2, 0) is 0 Å². The van der Waals surface area contributed by atoms with Crippen LogP contribution in [0, 0.1) is 0 Å². The average molecular weight is 295 g/mol. The molecule has 2 aromatic carbocycles. The Bertz CT molecular complexity index is 752. The van der Waals surface area contributed by atoms with Crippen LogP contribution in [0.3, 0.4) is 0 Å². The van der Waals surface area contributed by atoms with Crippen LogP contribution in [0.4, 0.5) is 0 Å². The SMILES string of the molecule is CC(C)N=C(N)c1ccc(-c2nc3ccccc3s2)cc1. The summed E-state index contributed by atoms with van der Waals surface area (Å²) < 4.78 is 1.21. The van der Waals surface area contributed by atoms with Crippen molar-refractivity contribution < 1.29 is 0 Å². The summed E-state index contributed by atoms with van der Waals surface area (Å²) in [6.07, 6.45) is 0. The Morgan fingerprint density at radius 1 is 1.10 bits per heavy atom. The fraction of sp³-hybridized carbons (Fsp3) is 0.176. The molecule has 2 N–H and O–H groups in total. The molecule has 0 fully saturated rings. The summed E-state index contributed by atoms with van der Waals surface area (Å²) in [5.41, 5.74) is 9.09. The highest BCUT2D eigenvalue weighted by molar-refractivity contribution is 7.21. The van der Waals surface area contributed by atoms with Gasteiger partial charge in [-0.15, -0.1) is 11.3 Å². The molecular weight excluding hydrogens is 278 g/mol. The summed E-state index contributed by atoms with van der Waals surface area (Å²) in [4.78, 5) is 9.03. The molecule has 3 aromatic rings. The van der Waals surface area contributed by atoms with Crippen molar-refractivity contribution in [3.05, 3.63) is 54.1 Å². The molecular formula is C17H17N3S. The van der Waals surface area contributed by atoms with Crippen molar-refractivity contribution in [2.45, 2.75) is 19.9 Å². The van der Waals surface area contributed by atoms with Crippen LogP contribution < -0.4 is 5.73 Å². The number of amidine groups is 1. The zero-order valence-corrected chi connectivity index (χ0v) is 12.9. The van der Waals surface area contributed by atoms with E-state index in [0.29, 0.717) is 5.84 Å². The molecule has 3 nitrogen and oxygen atoms in total. The number of hydrogen-bond acceptors (Lipinski definition) is 3. The monoisotopic (exact) mass is 295 g/mol. The molecule has 0 atom stereocenters. The van der Waals surface area contributed by atoms with E-state index in [0.717, 1.165) is 21.7 Å². The molecule has 21 heavy (non-hydrogen) atoms. The zero-order chi connectivity index (χ0) is 14.8. The lowest BCUT2D eigenvalue weighted by atomic mass is 10.1. The Morgan fingerprint density at radius 3 is 2.48 bits per heavy atom. The van der Waals surface area contributed by atoms with Gasteiger partial charge in [-0.25, -0.2) is 4.98 Å². The highest BCUT2D eigenvalue weighted by atomic mass is 32.1. The van der Waals surface area contributed by atoms with Gasteiger partial charge in [-0.05, 0) is 26.0 Å². The minimum atomic E-state index is 0.203. The summed E-state index contributed by atoms with van der Waals surface area (Å²) in [6.45, 7) is 4.03. The molecule has 0 aliphatic carbocycles. The summed E-state index contributed by atoms with van der Waals surface area (Å²) in [5, 5.41) is 1.03. The number of fused-ring (bicyclic) bond motifs is 1. The molecule has 3 rings (SSSR count). The lowest BCUT2D eigenvalue weighted by Gasteiger charge is -2.04. The van der Waals surface area contributed by atoms with Crippen molar-refractivity contribution in [3.8, 4) is 10.6 Å². The van der Waals surface area contributed by atoms with E-state index in [-0.39, 0.29) is 6.04 Å². The molecule has 0 radical (unpaired) electrons. The summed E-state index contributed by atoms with van der Waals surface area (Å²) >= 11 is 1.70. The standard InChI is InChI=1S/C17H17N3S/c1-11(2)19-16(18)12-7-9-13(10-8-12)17-20-14-5-3-4-6-15(14)21-17/h3-11H,1-2H3,(H2,18,19). The maximum Gasteiger partial charge on any atom is 0.125 e. The second-order valence-corrected chi connectivity index (χ2v) is 6.20. The normalized spacial score (nSPS) is 12.2. The maximum absolute atomic E-state index is 5.98. The summed E-state index contributed by atoms with van der Waals surface area (Å²) in [5.74, 6) is 0.584. The first kappa shape index (κ1) is 13.8. The average Bonchev–Trinajstić information content (AvgIpc) is 2.90. The maximum atomic E-state index is 5.98. The Morgan fingerprint density at radius 2 is 1.81 bits per heavy atom. The van der Waals surface area contributed by atoms with E-state index >= 15 is 0 Å². The van der Waals surface area contributed by atoms with Crippen LogP contribution >= 0.6 is 11.3 Å². The molecule has 106 valence electrons. The van der Waals surface area contributed by atoms with Crippen LogP contribution in [0.2, 0.25) is 0 Å². The van der Waals surface area contributed by atoms with E-state index in [4.69, 9.17) is 5.73 Å². The van der Waals surface area contributed by atoms with Crippen LogP contribution in [0.1, 0.15) is 19.4 Å². The first-order chi connectivity index (χ1) is 10.1. The van der Waals surface area contributed by atoms with Crippen LogP contribution in [0.5, 0.6) is 0 Å². The Hall–Kier alpha value is -2.20. The minimum absolute atomic E-state index is 0.203. The molecule has 0 aliphatic rings. The molecule has 4 heteroatoms. The van der Waals surface area contributed by atoms with Gasteiger partial charge < -0.3 is 5.73 Å². The number of para-hydroxylation sites is 1. The highest BCUT2D eigenvalue weighted by Gasteiger charge is 2.06. The van der Waals surface area contributed by atoms with Gasteiger partial charge in [0.1, 0.15) is 10.8 Å². The number of nitrogens with two attached hydrogens (primary N) is 1. The van der Waals surface area contributed by atoms with E-state index in [1.165, 1.54) is 4.70 Å². The third-order valence-electron chi connectivity index (χ3n) is 3.12. The van der Waals surface area contributed by atoms with E-state index in [1.54, 1.807) is 11.3 Å². The lowest BCUT2D eigenvalue weighted by molar-refractivity contribution is 0.834. The van der Waals surface area contributed by atoms with Crippen molar-refractivity contribution in [2.24, 2.45) is 10.7 Å². The number of thiazole rings is 1. The summed E-state index contributed by atoms with van der Waals surface area (Å²) in [7, 11) is 0. The topological polar surface area (TPSA) is 51.3 Å². The summed E-state index contributed by atoms with van der Waals surface area (Å²) in [6, 6.07) is 16.5. The van der Waals surface area contributed by atoms with Crippen LogP contribution in [-0.4, -0.2) is 16.9 Å². The third-order valence-corrected chi connectivity index (χ3v) is 4.20. The number of aliphatic imine (C=N–C) groups is 1. The van der Waals surface area contributed by atoms with E-state index < -0.39 is 0 Å². The number of hydrogen-bond donors (Lipinski definition) is 1. The molecule has 0 spiro atoms. The van der Waals surface area contributed by atoms with Gasteiger partial charge in [-0.1, -0.05) is 36.4 Å². The molecule has 0 saturated carbocycles. The molecule has 0 unspecified atom stereocenters. The number of aromatic nitrogens is 1. The first-order valence-electron chi connectivity index (χ1n) is 6.93. The predicted octanol–water partition coefficient (Wildman–Crippen LogP) is 4.08. The first-order valence-corrected chi connectivity index (χ1v) is 7.75. The third kappa shape index (κ3) is 2.95. The van der Waals surface area contributed by atoms with Crippen molar-refractivity contribution >= 4 is 27.4 Å². The van der Waals surface area contributed by atoms with Crippen molar-refractivity contribution in [1.29, 1.82) is 0 Å². The van der Waals surface area contributed by atoms with E-state index in [1.807, 2.05) is 44.2 Å². The van der Waals surface area contributed by atoms with Gasteiger partial charge in [0.2, 0.25) is 0 Å². The quantitative estimate of drug-likeness (QED) is 0.585. The van der Waals surface area contributed by atoms with Gasteiger partial charge >= 0.3 is 0 Å². The predicted molar refractivity (Wildman–Crippen MR) is 90.9 cm³/mol. The second kappa shape index (κ2) is 5.66. The van der Waals surface area contributed by atoms with Crippen molar-refractivity contribution in [2.75, 3.05) is 0 Å². The second-order valence-electron chi connectivity index (χ2n) is 5.17. The van der Waals surface area contributed by atoms with Crippen LogP contribution in [0.25, 0.3) is 20.8 Å². The smallest absolute Gasteiger partial charge is 0.125 e. The lowest BCUT2D eigenvalue weighted by Crippen LogP contribution is -2.15. The van der Waals surface area contributed by atoms with E-state index in [9.17, 15) is 0 Å². The van der Waals surface area contributed by atoms with Crippen molar-refractivity contribution in [3.63, 3.8) is 0 Å². The molecule has 1 heterocycles. The highest BCUT2D eigenvalue weighted by Crippen LogP contribution is 2.29. The van der Waals surface area contributed by atoms with Gasteiger partial charge in [0.15, 0.2) is 0 Å². The zero-order valence-electron chi connectivity index (χ0n) is 12.1. The number of rotatable bonds is 3. The Balaban J connectivity index is 1.93. The molecule has 0 amide bonds. The van der Waals surface area contributed by atoms with Gasteiger partial charge in [-0.2, -0.15) is 0 Å². The van der Waals surface area contributed by atoms with Gasteiger partial charge in [0.25, 0.3) is 0 Å². The molecule has 0 saturated heterocycles. The van der Waals surface area contributed by atoms with Gasteiger partial charge in [-0.3, -0.25) is 4.99 Å². The Kier molecular flexibility index (Phi) is 3.71. The Labute approximate surface area is 128 Å². The molecule has 1 aromatic heterocycles. The largest absolute Gasteiger partial charge is 0.383 e. The van der Waals surface area contributed by atoms with Crippen LogP contribution in [0.15, 0.2) is 53.5 Å². The van der Waals surface area contributed by atoms with Crippen molar-refractivity contribution in [1.82, 2.24) is 4.98 Å².